The number of amides is 1. The number of anilines is 1. The lowest BCUT2D eigenvalue weighted by atomic mass is 10.1. The van der Waals surface area contributed by atoms with Gasteiger partial charge in [-0.3, -0.25) is 4.79 Å². The van der Waals surface area contributed by atoms with Gasteiger partial charge in [-0.05, 0) is 28.1 Å². The minimum absolute atomic E-state index is 0.100. The molecule has 1 aromatic carbocycles. The fourth-order valence-corrected chi connectivity index (χ4v) is 2.93. The zero-order valence-electron chi connectivity index (χ0n) is 8.24. The Bertz CT molecular complexity index is 438. The van der Waals surface area contributed by atoms with Gasteiger partial charge in [0, 0.05) is 26.4 Å². The highest BCUT2D eigenvalue weighted by Crippen LogP contribution is 2.38. The third-order valence-corrected chi connectivity index (χ3v) is 4.21. The topological polar surface area (TPSA) is 69.6 Å². The Morgan fingerprint density at radius 1 is 1.50 bits per heavy atom. The molecule has 1 unspecified atom stereocenters. The number of fused-ring (bicyclic) bond motifs is 1. The van der Waals surface area contributed by atoms with Crippen LogP contribution in [-0.4, -0.2) is 28.5 Å². The van der Waals surface area contributed by atoms with Crippen molar-refractivity contribution in [2.24, 2.45) is 0 Å². The zero-order valence-corrected chi connectivity index (χ0v) is 10.6. The molecule has 0 saturated heterocycles. The Hall–Kier alpha value is -0.560. The van der Waals surface area contributed by atoms with Crippen LogP contribution in [0.25, 0.3) is 0 Å². The summed E-state index contributed by atoms with van der Waals surface area (Å²) in [5.41, 5.74) is 1.23. The minimum Gasteiger partial charge on any atom is -0.396 e. The second kappa shape index (κ2) is 4.75. The van der Waals surface area contributed by atoms with Crippen LogP contribution in [0.15, 0.2) is 21.5 Å². The van der Waals surface area contributed by atoms with Gasteiger partial charge in [0.25, 0.3) is 5.91 Å². The summed E-state index contributed by atoms with van der Waals surface area (Å²) < 4.78 is 0.820. The molecule has 0 saturated carbocycles. The van der Waals surface area contributed by atoms with E-state index < -0.39 is 12.0 Å². The number of thioether (sulfide) groups is 1. The number of aliphatic hydroxyl groups excluding tert-OH is 2. The first kappa shape index (κ1) is 11.9. The molecule has 1 amide bonds. The van der Waals surface area contributed by atoms with Crippen molar-refractivity contribution in [3.63, 3.8) is 0 Å². The van der Waals surface area contributed by atoms with Gasteiger partial charge < -0.3 is 15.5 Å². The predicted molar refractivity (Wildman–Crippen MR) is 65.5 cm³/mol. The second-order valence-corrected chi connectivity index (χ2v) is 5.32. The van der Waals surface area contributed by atoms with Crippen LogP contribution in [0.2, 0.25) is 0 Å². The van der Waals surface area contributed by atoms with Crippen molar-refractivity contribution in [2.75, 3.05) is 17.7 Å². The van der Waals surface area contributed by atoms with E-state index in [9.17, 15) is 9.90 Å². The summed E-state index contributed by atoms with van der Waals surface area (Å²) in [5.74, 6) is 0.194. The summed E-state index contributed by atoms with van der Waals surface area (Å²) >= 11 is 4.86. The lowest BCUT2D eigenvalue weighted by Gasteiger charge is -2.07. The molecule has 0 aliphatic carbocycles. The van der Waals surface area contributed by atoms with Gasteiger partial charge in [-0.15, -0.1) is 11.8 Å². The summed E-state index contributed by atoms with van der Waals surface area (Å²) in [5, 5.41) is 20.9. The number of hydrogen-bond acceptors (Lipinski definition) is 4. The normalized spacial score (nSPS) is 18.4. The molecule has 0 aromatic heterocycles. The summed E-state index contributed by atoms with van der Waals surface area (Å²) in [6, 6.07) is 3.53. The molecular weight excluding hydrogens is 294 g/mol. The van der Waals surface area contributed by atoms with E-state index in [2.05, 4.69) is 21.2 Å². The number of halogens is 1. The van der Waals surface area contributed by atoms with Crippen molar-refractivity contribution in [3.05, 3.63) is 22.2 Å². The maximum atomic E-state index is 11.2. The van der Waals surface area contributed by atoms with Crippen molar-refractivity contribution in [1.29, 1.82) is 0 Å². The van der Waals surface area contributed by atoms with E-state index in [-0.39, 0.29) is 6.61 Å². The number of hydrogen-bond donors (Lipinski definition) is 3. The first-order valence-electron chi connectivity index (χ1n) is 4.69. The van der Waals surface area contributed by atoms with E-state index in [0.29, 0.717) is 17.0 Å². The van der Waals surface area contributed by atoms with Crippen molar-refractivity contribution >= 4 is 39.3 Å². The Labute approximate surface area is 105 Å². The van der Waals surface area contributed by atoms with E-state index >= 15 is 0 Å². The maximum Gasteiger partial charge on any atom is 0.257 e. The molecule has 6 heteroatoms. The number of rotatable bonds is 3. The molecule has 16 heavy (non-hydrogen) atoms. The molecule has 2 rings (SSSR count). The average molecular weight is 304 g/mol. The largest absolute Gasteiger partial charge is 0.396 e. The number of aliphatic hydroxyl groups is 2. The van der Waals surface area contributed by atoms with Crippen LogP contribution < -0.4 is 5.32 Å². The molecule has 0 radical (unpaired) electrons. The van der Waals surface area contributed by atoms with E-state index in [4.69, 9.17) is 5.11 Å². The van der Waals surface area contributed by atoms with Gasteiger partial charge in [0.1, 0.15) is 0 Å². The molecule has 0 fully saturated rings. The van der Waals surface area contributed by atoms with E-state index in [1.165, 1.54) is 11.8 Å². The zero-order chi connectivity index (χ0) is 11.7. The van der Waals surface area contributed by atoms with E-state index in [0.717, 1.165) is 9.37 Å². The predicted octanol–water partition coefficient (Wildman–Crippen LogP) is 1.52. The molecule has 3 N–H and O–H groups in total. The smallest absolute Gasteiger partial charge is 0.257 e. The molecule has 1 heterocycles. The molecular formula is C10H10BrNO3S. The molecule has 1 aromatic rings. The fourth-order valence-electron chi connectivity index (χ4n) is 1.51. The number of carbonyl (C=O) groups excluding carboxylic acids is 1. The number of benzene rings is 1. The van der Waals surface area contributed by atoms with Crippen LogP contribution in [0.4, 0.5) is 5.69 Å². The van der Waals surface area contributed by atoms with Gasteiger partial charge in [-0.25, -0.2) is 0 Å². The average Bonchev–Trinajstić information content (AvgIpc) is 2.52. The third-order valence-electron chi connectivity index (χ3n) is 2.25. The highest BCUT2D eigenvalue weighted by molar-refractivity contribution is 9.10. The van der Waals surface area contributed by atoms with Crippen LogP contribution >= 0.6 is 27.7 Å². The van der Waals surface area contributed by atoms with Crippen LogP contribution in [0.1, 0.15) is 11.7 Å². The van der Waals surface area contributed by atoms with E-state index in [1.54, 1.807) is 12.1 Å². The van der Waals surface area contributed by atoms with Crippen molar-refractivity contribution < 1.29 is 15.0 Å². The van der Waals surface area contributed by atoms with Gasteiger partial charge >= 0.3 is 0 Å². The quantitative estimate of drug-likeness (QED) is 0.741. The van der Waals surface area contributed by atoms with Gasteiger partial charge in [0.2, 0.25) is 0 Å². The van der Waals surface area contributed by atoms with Crippen LogP contribution in [0.5, 0.6) is 0 Å². The summed E-state index contributed by atoms with van der Waals surface area (Å²) in [7, 11) is 0. The molecule has 0 spiro atoms. The van der Waals surface area contributed by atoms with E-state index in [1.807, 2.05) is 0 Å². The summed E-state index contributed by atoms with van der Waals surface area (Å²) in [6.45, 7) is 0.100. The van der Waals surface area contributed by atoms with Crippen molar-refractivity contribution in [2.45, 2.75) is 11.0 Å². The third kappa shape index (κ3) is 2.10. The molecule has 1 atom stereocenters. The SMILES string of the molecule is O=C1Nc2cc(SCCO)c(Br)cc2C1O. The molecule has 86 valence electrons. The Morgan fingerprint density at radius 3 is 2.94 bits per heavy atom. The van der Waals surface area contributed by atoms with Crippen LogP contribution in [0.3, 0.4) is 0 Å². The van der Waals surface area contributed by atoms with Crippen molar-refractivity contribution in [3.8, 4) is 0 Å². The summed E-state index contributed by atoms with van der Waals surface area (Å²) in [4.78, 5) is 12.2. The van der Waals surface area contributed by atoms with Gasteiger partial charge in [0.15, 0.2) is 6.10 Å². The highest BCUT2D eigenvalue weighted by Gasteiger charge is 2.29. The first-order valence-corrected chi connectivity index (χ1v) is 6.47. The summed E-state index contributed by atoms with van der Waals surface area (Å²) in [6.07, 6.45) is -1.08. The first-order chi connectivity index (χ1) is 7.63. The fraction of sp³-hybridized carbons (Fsp3) is 0.300. The number of nitrogens with one attached hydrogen (secondary N) is 1. The molecule has 4 nitrogen and oxygen atoms in total. The maximum absolute atomic E-state index is 11.2. The monoisotopic (exact) mass is 303 g/mol. The lowest BCUT2D eigenvalue weighted by molar-refractivity contribution is -0.123. The molecule has 1 aliphatic heterocycles. The Balaban J connectivity index is 2.33. The highest BCUT2D eigenvalue weighted by atomic mass is 79.9. The van der Waals surface area contributed by atoms with Crippen LogP contribution in [-0.2, 0) is 4.79 Å². The Kier molecular flexibility index (Phi) is 3.53. The Morgan fingerprint density at radius 2 is 2.25 bits per heavy atom. The molecule has 0 bridgehead atoms. The van der Waals surface area contributed by atoms with Crippen molar-refractivity contribution in [1.82, 2.24) is 0 Å². The van der Waals surface area contributed by atoms with Gasteiger partial charge in [-0.2, -0.15) is 0 Å². The standard InChI is InChI=1S/C10H10BrNO3S/c11-6-3-5-7(12-10(15)9(5)14)4-8(6)16-2-1-13/h3-4,9,13-14H,1-2H2,(H,12,15). The lowest BCUT2D eigenvalue weighted by Crippen LogP contribution is -2.10. The second-order valence-electron chi connectivity index (χ2n) is 3.33. The van der Waals surface area contributed by atoms with Gasteiger partial charge in [0.05, 0.1) is 6.61 Å². The number of carbonyl (C=O) groups is 1. The minimum atomic E-state index is -1.08. The van der Waals surface area contributed by atoms with Crippen LogP contribution in [0, 0.1) is 0 Å². The van der Waals surface area contributed by atoms with Gasteiger partial charge in [-0.1, -0.05) is 0 Å². The molecule has 1 aliphatic rings.